The van der Waals surface area contributed by atoms with Crippen molar-refractivity contribution >= 4 is 27.4 Å². The number of halogens is 1. The first-order valence-corrected chi connectivity index (χ1v) is 6.97. The minimum Gasteiger partial charge on any atom is -0.478 e. The summed E-state index contributed by atoms with van der Waals surface area (Å²) < 4.78 is 5.85. The first-order chi connectivity index (χ1) is 9.09. The summed E-state index contributed by atoms with van der Waals surface area (Å²) in [6.07, 6.45) is 3.96. The molecule has 1 aliphatic rings. The van der Waals surface area contributed by atoms with Gasteiger partial charge in [0.1, 0.15) is 6.61 Å². The Labute approximate surface area is 119 Å². The molecule has 0 radical (unpaired) electrons. The molecule has 0 unspecified atom stereocenters. The van der Waals surface area contributed by atoms with E-state index in [0.29, 0.717) is 4.47 Å². The second kappa shape index (κ2) is 6.14. The normalized spacial score (nSPS) is 15.4. The number of Topliss-reactive ketones (excluding diaryl/α,β-unsaturated/α-hetero) is 1. The van der Waals surface area contributed by atoms with E-state index in [1.807, 2.05) is 0 Å². The van der Waals surface area contributed by atoms with E-state index in [2.05, 4.69) is 15.9 Å². The average Bonchev–Trinajstić information content (AvgIpc) is 2.90. The van der Waals surface area contributed by atoms with Gasteiger partial charge in [-0.3, -0.25) is 14.9 Å². The smallest absolute Gasteiger partial charge is 0.312 e. The summed E-state index contributed by atoms with van der Waals surface area (Å²) in [6.45, 7) is -0.103. The highest BCUT2D eigenvalue weighted by molar-refractivity contribution is 9.10. The molecule has 0 atom stereocenters. The van der Waals surface area contributed by atoms with Gasteiger partial charge >= 0.3 is 5.69 Å². The lowest BCUT2D eigenvalue weighted by atomic mass is 10.0. The van der Waals surface area contributed by atoms with Crippen molar-refractivity contribution in [3.8, 4) is 5.75 Å². The Morgan fingerprint density at radius 2 is 2.11 bits per heavy atom. The summed E-state index contributed by atoms with van der Waals surface area (Å²) in [5, 5.41) is 10.9. The zero-order valence-corrected chi connectivity index (χ0v) is 11.9. The zero-order valence-electron chi connectivity index (χ0n) is 10.3. The Hall–Kier alpha value is -1.43. The maximum Gasteiger partial charge on any atom is 0.312 e. The van der Waals surface area contributed by atoms with Gasteiger partial charge in [0.15, 0.2) is 5.78 Å². The van der Waals surface area contributed by atoms with Crippen LogP contribution in [-0.2, 0) is 4.79 Å². The second-order valence-corrected chi connectivity index (χ2v) is 5.44. The van der Waals surface area contributed by atoms with Gasteiger partial charge in [0.2, 0.25) is 5.75 Å². The minimum absolute atomic E-state index is 0.0301. The molecule has 1 saturated carbocycles. The van der Waals surface area contributed by atoms with Crippen LogP contribution in [-0.4, -0.2) is 17.3 Å². The molecule has 19 heavy (non-hydrogen) atoms. The third kappa shape index (κ3) is 3.32. The predicted molar refractivity (Wildman–Crippen MR) is 73.3 cm³/mol. The molecule has 2 rings (SSSR count). The number of nitro groups is 1. The number of rotatable bonds is 5. The highest BCUT2D eigenvalue weighted by Crippen LogP contribution is 2.35. The number of hydrogen-bond donors (Lipinski definition) is 0. The van der Waals surface area contributed by atoms with Gasteiger partial charge in [0.05, 0.1) is 9.40 Å². The summed E-state index contributed by atoms with van der Waals surface area (Å²) in [7, 11) is 0. The van der Waals surface area contributed by atoms with E-state index in [1.54, 1.807) is 12.1 Å². The fourth-order valence-corrected chi connectivity index (χ4v) is 2.76. The molecule has 0 saturated heterocycles. The molecule has 102 valence electrons. The van der Waals surface area contributed by atoms with Crippen molar-refractivity contribution in [2.45, 2.75) is 25.7 Å². The SMILES string of the molecule is O=C(COc1c(Br)cccc1[N+](=O)[O-])C1CCCC1. The van der Waals surface area contributed by atoms with Crippen molar-refractivity contribution in [1.29, 1.82) is 0 Å². The Kier molecular flexibility index (Phi) is 4.52. The predicted octanol–water partition coefficient (Wildman–Crippen LogP) is 3.50. The molecule has 1 aromatic carbocycles. The molecule has 0 spiro atoms. The summed E-state index contributed by atoms with van der Waals surface area (Å²) in [5.41, 5.74) is -0.131. The lowest BCUT2D eigenvalue weighted by molar-refractivity contribution is -0.385. The fraction of sp³-hybridized carbons (Fsp3) is 0.462. The van der Waals surface area contributed by atoms with Crippen molar-refractivity contribution in [1.82, 2.24) is 0 Å². The van der Waals surface area contributed by atoms with Crippen LogP contribution in [0.4, 0.5) is 5.69 Å². The van der Waals surface area contributed by atoms with E-state index in [1.165, 1.54) is 6.07 Å². The van der Waals surface area contributed by atoms with Crippen LogP contribution in [0.25, 0.3) is 0 Å². The Morgan fingerprint density at radius 3 is 2.74 bits per heavy atom. The number of nitrogens with zero attached hydrogens (tertiary/aromatic N) is 1. The third-order valence-electron chi connectivity index (χ3n) is 3.31. The van der Waals surface area contributed by atoms with Crippen LogP contribution in [0.2, 0.25) is 0 Å². The Bertz CT molecular complexity index is 497. The van der Waals surface area contributed by atoms with Crippen LogP contribution < -0.4 is 4.74 Å². The van der Waals surface area contributed by atoms with E-state index in [-0.39, 0.29) is 29.7 Å². The Morgan fingerprint density at radius 1 is 1.42 bits per heavy atom. The topological polar surface area (TPSA) is 69.4 Å². The van der Waals surface area contributed by atoms with Crippen LogP contribution in [0.1, 0.15) is 25.7 Å². The molecule has 1 aliphatic carbocycles. The highest BCUT2D eigenvalue weighted by Gasteiger charge is 2.25. The van der Waals surface area contributed by atoms with Gasteiger partial charge in [-0.1, -0.05) is 18.9 Å². The van der Waals surface area contributed by atoms with Crippen LogP contribution in [0, 0.1) is 16.0 Å². The Balaban J connectivity index is 2.06. The molecule has 1 aromatic rings. The molecule has 1 fully saturated rings. The molecule has 0 aromatic heterocycles. The summed E-state index contributed by atoms with van der Waals surface area (Å²) >= 11 is 3.21. The van der Waals surface area contributed by atoms with E-state index in [4.69, 9.17) is 4.74 Å². The van der Waals surface area contributed by atoms with Crippen LogP contribution in [0.3, 0.4) is 0 Å². The summed E-state index contributed by atoms with van der Waals surface area (Å²) in [4.78, 5) is 22.3. The molecule has 0 aliphatic heterocycles. The lowest BCUT2D eigenvalue weighted by Gasteiger charge is -2.10. The summed E-state index contributed by atoms with van der Waals surface area (Å²) in [5.74, 6) is 0.211. The highest BCUT2D eigenvalue weighted by atomic mass is 79.9. The largest absolute Gasteiger partial charge is 0.478 e. The van der Waals surface area contributed by atoms with Gasteiger partial charge < -0.3 is 4.74 Å². The van der Waals surface area contributed by atoms with E-state index < -0.39 is 4.92 Å². The van der Waals surface area contributed by atoms with Crippen molar-refractivity contribution in [2.24, 2.45) is 5.92 Å². The fourth-order valence-electron chi connectivity index (χ4n) is 2.29. The van der Waals surface area contributed by atoms with Crippen molar-refractivity contribution in [3.63, 3.8) is 0 Å². The first-order valence-electron chi connectivity index (χ1n) is 6.18. The molecule has 0 amide bonds. The van der Waals surface area contributed by atoms with Crippen molar-refractivity contribution < 1.29 is 14.5 Å². The van der Waals surface area contributed by atoms with Gasteiger partial charge in [0.25, 0.3) is 0 Å². The number of ether oxygens (including phenoxy) is 1. The third-order valence-corrected chi connectivity index (χ3v) is 3.94. The maximum atomic E-state index is 11.9. The van der Waals surface area contributed by atoms with E-state index in [9.17, 15) is 14.9 Å². The number of benzene rings is 1. The molecule has 5 nitrogen and oxygen atoms in total. The molecular weight excluding hydrogens is 314 g/mol. The van der Waals surface area contributed by atoms with Crippen molar-refractivity contribution in [2.75, 3.05) is 6.61 Å². The second-order valence-electron chi connectivity index (χ2n) is 4.58. The standard InChI is InChI=1S/C13H14BrNO4/c14-10-6-3-7-11(15(17)18)13(10)19-8-12(16)9-4-1-2-5-9/h3,6-7,9H,1-2,4-5,8H2. The molecule has 0 bridgehead atoms. The summed E-state index contributed by atoms with van der Waals surface area (Å²) in [6, 6.07) is 4.58. The molecule has 6 heteroatoms. The first kappa shape index (κ1) is 14.0. The number of hydrogen-bond acceptors (Lipinski definition) is 4. The van der Waals surface area contributed by atoms with Crippen LogP contribution in [0.15, 0.2) is 22.7 Å². The maximum absolute atomic E-state index is 11.9. The number of carbonyl (C=O) groups is 1. The van der Waals surface area contributed by atoms with Gasteiger partial charge in [-0.25, -0.2) is 0 Å². The van der Waals surface area contributed by atoms with Gasteiger partial charge in [0, 0.05) is 12.0 Å². The van der Waals surface area contributed by atoms with Gasteiger partial charge in [-0.2, -0.15) is 0 Å². The number of ketones is 1. The van der Waals surface area contributed by atoms with E-state index >= 15 is 0 Å². The number of nitro benzene ring substituents is 1. The molecule has 0 heterocycles. The zero-order chi connectivity index (χ0) is 13.8. The minimum atomic E-state index is -0.514. The van der Waals surface area contributed by atoms with Gasteiger partial charge in [-0.15, -0.1) is 0 Å². The molecular formula is C13H14BrNO4. The molecule has 0 N–H and O–H groups in total. The van der Waals surface area contributed by atoms with Crippen molar-refractivity contribution in [3.05, 3.63) is 32.8 Å². The number of para-hydroxylation sites is 1. The average molecular weight is 328 g/mol. The van der Waals surface area contributed by atoms with Crippen LogP contribution in [0.5, 0.6) is 5.75 Å². The lowest BCUT2D eigenvalue weighted by Crippen LogP contribution is -2.19. The van der Waals surface area contributed by atoms with Gasteiger partial charge in [-0.05, 0) is 34.8 Å². The number of carbonyl (C=O) groups excluding carboxylic acids is 1. The monoisotopic (exact) mass is 327 g/mol. The van der Waals surface area contributed by atoms with E-state index in [0.717, 1.165) is 25.7 Å². The van der Waals surface area contributed by atoms with Crippen LogP contribution >= 0.6 is 15.9 Å². The quantitative estimate of drug-likeness (QED) is 0.613.